The summed E-state index contributed by atoms with van der Waals surface area (Å²) >= 11 is 1.40. The van der Waals surface area contributed by atoms with Gasteiger partial charge in [-0.1, -0.05) is 23.9 Å². The lowest BCUT2D eigenvalue weighted by atomic mass is 10.0. The van der Waals surface area contributed by atoms with Gasteiger partial charge in [0.15, 0.2) is 0 Å². The number of amides is 1. The van der Waals surface area contributed by atoms with Gasteiger partial charge in [-0.3, -0.25) is 4.79 Å². The number of hydrogen-bond acceptors (Lipinski definition) is 7. The SMILES string of the molecule is CCOc1ccc([C@@H]2Nn3c(C)nnc3S[C@H]2C(=O)NCCOC)cc1. The summed E-state index contributed by atoms with van der Waals surface area (Å²) in [5.74, 6) is 1.49. The van der Waals surface area contributed by atoms with Crippen molar-refractivity contribution in [2.45, 2.75) is 30.3 Å². The van der Waals surface area contributed by atoms with Crippen molar-refractivity contribution in [1.29, 1.82) is 0 Å². The number of fused-ring (bicyclic) bond motifs is 1. The van der Waals surface area contributed by atoms with Gasteiger partial charge < -0.3 is 20.2 Å². The first-order valence-corrected chi connectivity index (χ1v) is 9.36. The third-order valence-corrected chi connectivity index (χ3v) is 5.23. The van der Waals surface area contributed by atoms with Crippen LogP contribution in [0.3, 0.4) is 0 Å². The van der Waals surface area contributed by atoms with Crippen molar-refractivity contribution >= 4 is 17.7 Å². The molecule has 2 atom stereocenters. The first kappa shape index (κ1) is 18.5. The van der Waals surface area contributed by atoms with Crippen LogP contribution in [0.25, 0.3) is 0 Å². The van der Waals surface area contributed by atoms with E-state index in [1.165, 1.54) is 11.8 Å². The molecule has 26 heavy (non-hydrogen) atoms. The highest BCUT2D eigenvalue weighted by Crippen LogP contribution is 2.37. The lowest BCUT2D eigenvalue weighted by molar-refractivity contribution is -0.121. The van der Waals surface area contributed by atoms with E-state index in [1.54, 1.807) is 7.11 Å². The van der Waals surface area contributed by atoms with Gasteiger partial charge in [-0.25, -0.2) is 4.68 Å². The number of benzene rings is 1. The van der Waals surface area contributed by atoms with E-state index in [2.05, 4.69) is 20.9 Å². The van der Waals surface area contributed by atoms with Gasteiger partial charge in [-0.05, 0) is 31.5 Å². The Morgan fingerprint density at radius 1 is 1.35 bits per heavy atom. The minimum atomic E-state index is -0.374. The molecule has 1 aromatic heterocycles. The zero-order valence-corrected chi connectivity index (χ0v) is 15.9. The zero-order valence-electron chi connectivity index (χ0n) is 15.1. The summed E-state index contributed by atoms with van der Waals surface area (Å²) in [4.78, 5) is 12.7. The highest BCUT2D eigenvalue weighted by Gasteiger charge is 2.37. The van der Waals surface area contributed by atoms with Crippen molar-refractivity contribution < 1.29 is 14.3 Å². The second-order valence-corrected chi connectivity index (χ2v) is 6.91. The average Bonchev–Trinajstić information content (AvgIpc) is 3.02. The number of aromatic nitrogens is 3. The largest absolute Gasteiger partial charge is 0.494 e. The van der Waals surface area contributed by atoms with Gasteiger partial charge >= 0.3 is 0 Å². The molecule has 0 fully saturated rings. The Morgan fingerprint density at radius 3 is 2.81 bits per heavy atom. The molecular weight excluding hydrogens is 354 g/mol. The lowest BCUT2D eigenvalue weighted by Gasteiger charge is -2.32. The molecule has 9 heteroatoms. The fourth-order valence-corrected chi connectivity index (χ4v) is 3.88. The zero-order chi connectivity index (χ0) is 18.5. The molecule has 2 aromatic rings. The maximum absolute atomic E-state index is 12.7. The Morgan fingerprint density at radius 2 is 2.12 bits per heavy atom. The van der Waals surface area contributed by atoms with Gasteiger partial charge in [0, 0.05) is 13.7 Å². The van der Waals surface area contributed by atoms with Crippen LogP contribution in [0.2, 0.25) is 0 Å². The highest BCUT2D eigenvalue weighted by molar-refractivity contribution is 8.00. The van der Waals surface area contributed by atoms with Crippen LogP contribution >= 0.6 is 11.8 Å². The molecule has 0 aliphatic carbocycles. The van der Waals surface area contributed by atoms with Crippen LogP contribution in [0.4, 0.5) is 0 Å². The number of nitrogens with zero attached hydrogens (tertiary/aromatic N) is 3. The molecule has 1 aliphatic heterocycles. The third kappa shape index (κ3) is 3.94. The first-order chi connectivity index (χ1) is 12.6. The topological polar surface area (TPSA) is 90.3 Å². The second-order valence-electron chi connectivity index (χ2n) is 5.80. The number of hydrogen-bond donors (Lipinski definition) is 2. The summed E-state index contributed by atoms with van der Waals surface area (Å²) in [6, 6.07) is 7.56. The van der Waals surface area contributed by atoms with Crippen molar-refractivity contribution in [1.82, 2.24) is 20.2 Å². The molecule has 1 aromatic carbocycles. The van der Waals surface area contributed by atoms with Crippen LogP contribution in [0.5, 0.6) is 5.75 Å². The summed E-state index contributed by atoms with van der Waals surface area (Å²) in [6.07, 6.45) is 0. The minimum absolute atomic E-state index is 0.0645. The van der Waals surface area contributed by atoms with Crippen LogP contribution in [0, 0.1) is 6.92 Å². The molecule has 0 unspecified atom stereocenters. The summed E-state index contributed by atoms with van der Waals surface area (Å²) < 4.78 is 12.3. The van der Waals surface area contributed by atoms with Gasteiger partial charge in [-0.15, -0.1) is 10.2 Å². The minimum Gasteiger partial charge on any atom is -0.494 e. The average molecular weight is 377 g/mol. The molecule has 1 amide bonds. The van der Waals surface area contributed by atoms with Crippen molar-refractivity contribution in [3.05, 3.63) is 35.7 Å². The van der Waals surface area contributed by atoms with Gasteiger partial charge in [-0.2, -0.15) is 0 Å². The number of ether oxygens (including phenoxy) is 2. The summed E-state index contributed by atoms with van der Waals surface area (Å²) in [6.45, 7) is 5.38. The number of thioether (sulfide) groups is 1. The van der Waals surface area contributed by atoms with Crippen LogP contribution < -0.4 is 15.5 Å². The summed E-state index contributed by atoms with van der Waals surface area (Å²) in [5.41, 5.74) is 4.36. The van der Waals surface area contributed by atoms with Crippen LogP contribution in [0.1, 0.15) is 24.4 Å². The van der Waals surface area contributed by atoms with Crippen LogP contribution in [-0.2, 0) is 9.53 Å². The maximum atomic E-state index is 12.7. The molecule has 0 spiro atoms. The standard InChI is InChI=1S/C17H23N5O3S/c1-4-25-13-7-5-12(6-8-13)14-15(16(23)18-9-10-24-3)26-17-20-19-11(2)22(17)21-14/h5-8,14-15,21H,4,9-10H2,1-3H3,(H,18,23)/t14-,15+/m0/s1. The molecule has 3 rings (SSSR count). The van der Waals surface area contributed by atoms with E-state index in [4.69, 9.17) is 9.47 Å². The Kier molecular flexibility index (Phi) is 6.00. The Balaban J connectivity index is 1.85. The number of carbonyl (C=O) groups is 1. The maximum Gasteiger partial charge on any atom is 0.236 e. The van der Waals surface area contributed by atoms with Crippen LogP contribution in [0.15, 0.2) is 29.4 Å². The predicted molar refractivity (Wildman–Crippen MR) is 99.0 cm³/mol. The van der Waals surface area contributed by atoms with Crippen molar-refractivity contribution in [3.63, 3.8) is 0 Å². The van der Waals surface area contributed by atoms with Crippen LogP contribution in [-0.4, -0.2) is 52.9 Å². The van der Waals surface area contributed by atoms with Crippen molar-refractivity contribution in [2.24, 2.45) is 0 Å². The predicted octanol–water partition coefficient (Wildman–Crippen LogP) is 1.51. The highest BCUT2D eigenvalue weighted by atomic mass is 32.2. The lowest BCUT2D eigenvalue weighted by Crippen LogP contribution is -2.44. The van der Waals surface area contributed by atoms with E-state index >= 15 is 0 Å². The molecule has 2 heterocycles. The molecular formula is C17H23N5O3S. The monoisotopic (exact) mass is 377 g/mol. The molecule has 0 saturated heterocycles. The fraction of sp³-hybridized carbons (Fsp3) is 0.471. The van der Waals surface area contributed by atoms with E-state index in [1.807, 2.05) is 42.8 Å². The molecule has 8 nitrogen and oxygen atoms in total. The summed E-state index contributed by atoms with van der Waals surface area (Å²) in [5, 5.41) is 11.5. The van der Waals surface area contributed by atoms with Gasteiger partial charge in [0.05, 0.1) is 19.3 Å². The van der Waals surface area contributed by atoms with E-state index in [-0.39, 0.29) is 17.2 Å². The van der Waals surface area contributed by atoms with Crippen molar-refractivity contribution in [3.8, 4) is 5.75 Å². The number of aryl methyl sites for hydroxylation is 1. The smallest absolute Gasteiger partial charge is 0.236 e. The third-order valence-electron chi connectivity index (χ3n) is 4.01. The molecule has 0 radical (unpaired) electrons. The number of carbonyl (C=O) groups excluding carboxylic acids is 1. The first-order valence-electron chi connectivity index (χ1n) is 8.48. The Labute approximate surface area is 156 Å². The fourth-order valence-electron chi connectivity index (χ4n) is 2.73. The Bertz CT molecular complexity index is 749. The van der Waals surface area contributed by atoms with Gasteiger partial charge in [0.25, 0.3) is 0 Å². The Hall–Kier alpha value is -2.26. The molecule has 0 bridgehead atoms. The van der Waals surface area contributed by atoms with Crippen molar-refractivity contribution in [2.75, 3.05) is 32.3 Å². The van der Waals surface area contributed by atoms with E-state index < -0.39 is 0 Å². The van der Waals surface area contributed by atoms with E-state index in [0.29, 0.717) is 24.9 Å². The van der Waals surface area contributed by atoms with E-state index in [9.17, 15) is 4.79 Å². The molecule has 1 aliphatic rings. The normalized spacial score (nSPS) is 18.7. The summed E-state index contributed by atoms with van der Waals surface area (Å²) in [7, 11) is 1.61. The van der Waals surface area contributed by atoms with Gasteiger partial charge in [0.1, 0.15) is 16.8 Å². The molecule has 0 saturated carbocycles. The molecule has 2 N–H and O–H groups in total. The molecule has 140 valence electrons. The quantitative estimate of drug-likeness (QED) is 0.707. The number of rotatable bonds is 7. The number of methoxy groups -OCH3 is 1. The van der Waals surface area contributed by atoms with E-state index in [0.717, 1.165) is 17.1 Å². The van der Waals surface area contributed by atoms with Gasteiger partial charge in [0.2, 0.25) is 11.1 Å². The number of nitrogens with one attached hydrogen (secondary N) is 2. The second kappa shape index (κ2) is 8.41.